The summed E-state index contributed by atoms with van der Waals surface area (Å²) in [6.07, 6.45) is 3.88. The van der Waals surface area contributed by atoms with E-state index in [1.807, 2.05) is 24.3 Å². The molecular formula is C13H15BrO2. The van der Waals surface area contributed by atoms with Crippen molar-refractivity contribution in [1.82, 2.24) is 0 Å². The second kappa shape index (κ2) is 5.51. The van der Waals surface area contributed by atoms with Gasteiger partial charge in [0.2, 0.25) is 0 Å². The highest BCUT2D eigenvalue weighted by molar-refractivity contribution is 9.10. The Labute approximate surface area is 104 Å². The molecule has 1 atom stereocenters. The summed E-state index contributed by atoms with van der Waals surface area (Å²) in [5.74, 6) is 0. The molecular weight excluding hydrogens is 268 g/mol. The smallest absolute Gasteiger partial charge is 0.0876 e. The molecule has 16 heavy (non-hydrogen) atoms. The van der Waals surface area contributed by atoms with Gasteiger partial charge in [-0.3, -0.25) is 0 Å². The monoisotopic (exact) mass is 282 g/mol. The van der Waals surface area contributed by atoms with Gasteiger partial charge in [-0.25, -0.2) is 0 Å². The van der Waals surface area contributed by atoms with Gasteiger partial charge in [-0.15, -0.1) is 0 Å². The van der Waals surface area contributed by atoms with E-state index < -0.39 is 6.10 Å². The highest BCUT2D eigenvalue weighted by atomic mass is 79.9. The van der Waals surface area contributed by atoms with Crippen LogP contribution in [0.3, 0.4) is 0 Å². The van der Waals surface area contributed by atoms with Gasteiger partial charge in [-0.2, -0.15) is 0 Å². The number of rotatable bonds is 3. The molecule has 0 saturated carbocycles. The molecule has 0 spiro atoms. The third kappa shape index (κ3) is 3.09. The Hall–Kier alpha value is -0.800. The highest BCUT2D eigenvalue weighted by Crippen LogP contribution is 2.20. The van der Waals surface area contributed by atoms with Crippen LogP contribution in [0.4, 0.5) is 0 Å². The van der Waals surface area contributed by atoms with Crippen molar-refractivity contribution in [2.24, 2.45) is 0 Å². The molecule has 3 heteroatoms. The van der Waals surface area contributed by atoms with E-state index in [1.54, 1.807) is 6.26 Å². The van der Waals surface area contributed by atoms with Crippen LogP contribution in [0.5, 0.6) is 0 Å². The predicted molar refractivity (Wildman–Crippen MR) is 67.1 cm³/mol. The fraction of sp³-hybridized carbons (Fsp3) is 0.385. The van der Waals surface area contributed by atoms with Crippen LogP contribution >= 0.6 is 15.9 Å². The van der Waals surface area contributed by atoms with E-state index in [0.29, 0.717) is 6.42 Å². The molecule has 0 saturated heterocycles. The first-order valence-corrected chi connectivity index (χ1v) is 6.28. The summed E-state index contributed by atoms with van der Waals surface area (Å²) in [7, 11) is 0. The predicted octanol–water partition coefficient (Wildman–Crippen LogP) is 3.05. The summed E-state index contributed by atoms with van der Waals surface area (Å²) in [6.45, 7) is 0.771. The third-order valence-electron chi connectivity index (χ3n) is 2.71. The summed E-state index contributed by atoms with van der Waals surface area (Å²) in [5, 5.41) is 10.1. The fourth-order valence-corrected chi connectivity index (χ4v) is 2.29. The van der Waals surface area contributed by atoms with Gasteiger partial charge in [-0.05, 0) is 36.1 Å². The standard InChI is InChI=1S/C13H15BrO2/c14-12-5-1-3-10(7-12)8-13(15)11-4-2-6-16-9-11/h1,3,5,7,9,13,15H,2,4,6,8H2. The largest absolute Gasteiger partial charge is 0.501 e. The Morgan fingerprint density at radius 1 is 1.44 bits per heavy atom. The zero-order valence-electron chi connectivity index (χ0n) is 9.03. The van der Waals surface area contributed by atoms with Crippen LogP contribution in [-0.4, -0.2) is 17.8 Å². The lowest BCUT2D eigenvalue weighted by Crippen LogP contribution is -2.17. The Morgan fingerprint density at radius 3 is 3.00 bits per heavy atom. The van der Waals surface area contributed by atoms with Crippen molar-refractivity contribution < 1.29 is 9.84 Å². The summed E-state index contributed by atoms with van der Waals surface area (Å²) >= 11 is 3.43. The molecule has 1 N–H and O–H groups in total. The molecule has 0 fully saturated rings. The van der Waals surface area contributed by atoms with E-state index in [4.69, 9.17) is 4.74 Å². The van der Waals surface area contributed by atoms with Gasteiger partial charge in [0.15, 0.2) is 0 Å². The molecule has 0 amide bonds. The molecule has 2 nitrogen and oxygen atoms in total. The molecule has 0 aliphatic carbocycles. The van der Waals surface area contributed by atoms with Gasteiger partial charge in [0.05, 0.1) is 19.0 Å². The molecule has 2 rings (SSSR count). The maximum atomic E-state index is 10.1. The van der Waals surface area contributed by atoms with Crippen LogP contribution in [0, 0.1) is 0 Å². The Kier molecular flexibility index (Phi) is 4.02. The minimum Gasteiger partial charge on any atom is -0.501 e. The lowest BCUT2D eigenvalue weighted by Gasteiger charge is -2.18. The van der Waals surface area contributed by atoms with E-state index >= 15 is 0 Å². The first-order chi connectivity index (χ1) is 7.75. The topological polar surface area (TPSA) is 29.5 Å². The van der Waals surface area contributed by atoms with Crippen molar-refractivity contribution in [2.45, 2.75) is 25.4 Å². The second-order valence-electron chi connectivity index (χ2n) is 4.02. The van der Waals surface area contributed by atoms with Crippen molar-refractivity contribution in [3.05, 3.63) is 46.1 Å². The van der Waals surface area contributed by atoms with Crippen LogP contribution in [0.1, 0.15) is 18.4 Å². The van der Waals surface area contributed by atoms with Gasteiger partial charge in [0.25, 0.3) is 0 Å². The zero-order chi connectivity index (χ0) is 11.4. The van der Waals surface area contributed by atoms with E-state index in [2.05, 4.69) is 15.9 Å². The number of aliphatic hydroxyl groups is 1. The quantitative estimate of drug-likeness (QED) is 0.924. The van der Waals surface area contributed by atoms with Crippen molar-refractivity contribution in [1.29, 1.82) is 0 Å². The third-order valence-corrected chi connectivity index (χ3v) is 3.20. The number of halogens is 1. The average Bonchev–Trinajstić information content (AvgIpc) is 2.30. The van der Waals surface area contributed by atoms with Crippen LogP contribution in [0.15, 0.2) is 40.6 Å². The van der Waals surface area contributed by atoms with Crippen molar-refractivity contribution in [2.75, 3.05) is 6.61 Å². The molecule has 0 radical (unpaired) electrons. The molecule has 1 aliphatic heterocycles. The Bertz CT molecular complexity index is 387. The van der Waals surface area contributed by atoms with E-state index in [0.717, 1.165) is 35.1 Å². The molecule has 1 aromatic carbocycles. The van der Waals surface area contributed by atoms with Gasteiger partial charge >= 0.3 is 0 Å². The number of aliphatic hydroxyl groups excluding tert-OH is 1. The lowest BCUT2D eigenvalue weighted by atomic mass is 9.98. The maximum absolute atomic E-state index is 10.1. The first kappa shape index (κ1) is 11.7. The summed E-state index contributed by atoms with van der Waals surface area (Å²) < 4.78 is 6.28. The molecule has 1 unspecified atom stereocenters. The van der Waals surface area contributed by atoms with Crippen LogP contribution < -0.4 is 0 Å². The van der Waals surface area contributed by atoms with Gasteiger partial charge in [0, 0.05) is 10.9 Å². The summed E-state index contributed by atoms with van der Waals surface area (Å²) in [6, 6.07) is 8.03. The molecule has 1 heterocycles. The van der Waals surface area contributed by atoms with Crippen molar-refractivity contribution in [3.63, 3.8) is 0 Å². The van der Waals surface area contributed by atoms with E-state index in [-0.39, 0.29) is 0 Å². The molecule has 0 aromatic heterocycles. The van der Waals surface area contributed by atoms with E-state index in [9.17, 15) is 5.11 Å². The van der Waals surface area contributed by atoms with Gasteiger partial charge < -0.3 is 9.84 Å². The number of ether oxygens (including phenoxy) is 1. The van der Waals surface area contributed by atoms with Crippen LogP contribution in [0.25, 0.3) is 0 Å². The lowest BCUT2D eigenvalue weighted by molar-refractivity contribution is 0.169. The second-order valence-corrected chi connectivity index (χ2v) is 4.93. The normalized spacial score (nSPS) is 17.5. The minimum absolute atomic E-state index is 0.422. The highest BCUT2D eigenvalue weighted by Gasteiger charge is 2.14. The van der Waals surface area contributed by atoms with Gasteiger partial charge in [-0.1, -0.05) is 28.1 Å². The molecule has 86 valence electrons. The first-order valence-electron chi connectivity index (χ1n) is 5.49. The van der Waals surface area contributed by atoms with Gasteiger partial charge in [0.1, 0.15) is 0 Å². The Balaban J connectivity index is 2.01. The van der Waals surface area contributed by atoms with E-state index in [1.165, 1.54) is 0 Å². The summed E-state index contributed by atoms with van der Waals surface area (Å²) in [4.78, 5) is 0. The number of hydrogen-bond acceptors (Lipinski definition) is 2. The molecule has 1 aliphatic rings. The SMILES string of the molecule is OC(Cc1cccc(Br)c1)C1=COCCC1. The van der Waals surface area contributed by atoms with Crippen molar-refractivity contribution >= 4 is 15.9 Å². The molecule has 0 bridgehead atoms. The van der Waals surface area contributed by atoms with Crippen LogP contribution in [-0.2, 0) is 11.2 Å². The maximum Gasteiger partial charge on any atom is 0.0876 e. The Morgan fingerprint density at radius 2 is 2.31 bits per heavy atom. The zero-order valence-corrected chi connectivity index (χ0v) is 10.6. The average molecular weight is 283 g/mol. The van der Waals surface area contributed by atoms with Crippen LogP contribution in [0.2, 0.25) is 0 Å². The van der Waals surface area contributed by atoms with Crippen molar-refractivity contribution in [3.8, 4) is 0 Å². The molecule has 1 aromatic rings. The minimum atomic E-state index is -0.422. The fourth-order valence-electron chi connectivity index (χ4n) is 1.85. The number of hydrogen-bond donors (Lipinski definition) is 1. The number of benzene rings is 1. The summed E-state index contributed by atoms with van der Waals surface area (Å²) in [5.41, 5.74) is 2.14.